The van der Waals surface area contributed by atoms with Crippen molar-refractivity contribution in [1.82, 2.24) is 38.2 Å². The molecular weight excluding hydrogens is 1050 g/mol. The smallest absolute Gasteiger partial charge is 0.417 e. The lowest BCUT2D eigenvalue weighted by molar-refractivity contribution is -0.137. The lowest BCUT2D eigenvalue weighted by atomic mass is 9.78. The molecule has 0 N–H and O–H groups in total. The van der Waals surface area contributed by atoms with Gasteiger partial charge in [0.25, 0.3) is 0 Å². The average Bonchev–Trinajstić information content (AvgIpc) is 3.38. The number of halogens is 5. The van der Waals surface area contributed by atoms with E-state index in [1.807, 2.05) is 55.1 Å². The maximum absolute atomic E-state index is 13.4. The summed E-state index contributed by atoms with van der Waals surface area (Å²) in [4.78, 5) is 41.8. The molecule has 0 radical (unpaired) electrons. The number of rotatable bonds is 10. The van der Waals surface area contributed by atoms with Crippen LogP contribution in [0.5, 0.6) is 11.8 Å². The first-order chi connectivity index (χ1) is 35.0. The molecule has 2 aromatic carbocycles. The number of amides is 4. The minimum absolute atomic E-state index is 0.0191. The van der Waals surface area contributed by atoms with E-state index in [0.29, 0.717) is 93.4 Å². The summed E-state index contributed by atoms with van der Waals surface area (Å²) < 4.78 is 101. The molecule has 4 amide bonds. The molecule has 0 aliphatic carbocycles. The van der Waals surface area contributed by atoms with Crippen LogP contribution in [0.4, 0.5) is 22.8 Å². The Bertz CT molecular complexity index is 2820. The Morgan fingerprint density at radius 3 is 1.32 bits per heavy atom. The molecule has 24 heteroatoms. The van der Waals surface area contributed by atoms with Gasteiger partial charge in [-0.25, -0.2) is 36.4 Å². The molecule has 17 nitrogen and oxygen atoms in total. The maximum atomic E-state index is 13.4. The van der Waals surface area contributed by atoms with Crippen LogP contribution in [0.1, 0.15) is 60.8 Å². The van der Waals surface area contributed by atoms with Crippen molar-refractivity contribution < 1.29 is 49.1 Å². The first kappa shape index (κ1) is 56.3. The minimum Gasteiger partial charge on any atom is -0.474 e. The van der Waals surface area contributed by atoms with Gasteiger partial charge in [0, 0.05) is 137 Å². The molecule has 2 aromatic heterocycles. The number of hydrogen-bond donors (Lipinski definition) is 0. The van der Waals surface area contributed by atoms with Gasteiger partial charge < -0.3 is 29.1 Å². The molecule has 0 spiro atoms. The SMILES string of the molecule is C[C@H](Oc1ccc(C#N)cn1)[C@H]1CCN(C(=O)N2CCN(S(C)(=O)=O)CC2)C[C@@H]1c1ccc(Cl)cc1.C[C@H](Oc1ccc(C(F)(F)F)cn1)[C@H]1CCN(C(=O)N2CCN(S(C)(=O)=O)CC2)C[C@@H]1c1ccc(Cl)cc1. The number of aromatic nitrogens is 2. The predicted octanol–water partition coefficient (Wildman–Crippen LogP) is 7.50. The third kappa shape index (κ3) is 14.5. The van der Waals surface area contributed by atoms with E-state index in [4.69, 9.17) is 37.9 Å². The topological polar surface area (TPSA) is 190 Å². The number of alkyl halides is 3. The van der Waals surface area contributed by atoms with E-state index >= 15 is 0 Å². The van der Waals surface area contributed by atoms with Crippen molar-refractivity contribution >= 4 is 55.3 Å². The lowest BCUT2D eigenvalue weighted by Gasteiger charge is -2.43. The molecule has 4 aliphatic heterocycles. The molecule has 400 valence electrons. The number of pyridine rings is 2. The highest BCUT2D eigenvalue weighted by molar-refractivity contribution is 7.88. The van der Waals surface area contributed by atoms with E-state index in [0.717, 1.165) is 36.1 Å². The first-order valence-electron chi connectivity index (χ1n) is 24.2. The van der Waals surface area contributed by atoms with E-state index in [1.54, 1.807) is 39.0 Å². The molecule has 8 rings (SSSR count). The fourth-order valence-electron chi connectivity index (χ4n) is 10.0. The number of piperidine rings is 2. The number of benzene rings is 2. The zero-order chi connectivity index (χ0) is 53.5. The Hall–Kier alpha value is -5.44. The summed E-state index contributed by atoms with van der Waals surface area (Å²) in [5.41, 5.74) is 1.67. The summed E-state index contributed by atoms with van der Waals surface area (Å²) >= 11 is 12.2. The average molecular weight is 1110 g/mol. The Morgan fingerprint density at radius 2 is 1.00 bits per heavy atom. The monoisotopic (exact) mass is 1110 g/mol. The number of sulfonamides is 2. The highest BCUT2D eigenvalue weighted by Gasteiger charge is 2.41. The second-order valence-corrected chi connectivity index (χ2v) is 23.8. The van der Waals surface area contributed by atoms with Crippen molar-refractivity contribution in [2.75, 3.05) is 91.0 Å². The second-order valence-electron chi connectivity index (χ2n) is 19.0. The Kier molecular flexibility index (Phi) is 18.3. The van der Waals surface area contributed by atoms with Gasteiger partial charge in [-0.1, -0.05) is 47.5 Å². The third-order valence-electron chi connectivity index (χ3n) is 14.2. The van der Waals surface area contributed by atoms with Crippen molar-refractivity contribution in [2.45, 2.75) is 56.9 Å². The molecule has 4 saturated heterocycles. The zero-order valence-electron chi connectivity index (χ0n) is 41.4. The van der Waals surface area contributed by atoms with Crippen LogP contribution in [0.25, 0.3) is 0 Å². The van der Waals surface area contributed by atoms with Crippen molar-refractivity contribution in [3.63, 3.8) is 0 Å². The van der Waals surface area contributed by atoms with Crippen LogP contribution in [0, 0.1) is 23.2 Å². The second kappa shape index (κ2) is 24.0. The van der Waals surface area contributed by atoms with Crippen molar-refractivity contribution in [3.8, 4) is 17.8 Å². The fraction of sp³-hybridized carbons (Fsp3) is 0.500. The Balaban J connectivity index is 0.000000217. The van der Waals surface area contributed by atoms with Gasteiger partial charge in [0.2, 0.25) is 31.8 Å². The number of nitriles is 1. The predicted molar refractivity (Wildman–Crippen MR) is 273 cm³/mol. The standard InChI is InChI=1S/C25H30ClF3N4O4S.C25H30ClN5O4S/c1-17(37-23-8-5-19(15-30-23)25(27,28)29)21-9-10-32(16-22(21)18-3-6-20(26)7-4-18)24(34)31-11-13-33(14-12-31)38(2,35)36;1-18(35-24-8-3-19(15-27)16-28-24)22-9-10-30(17-23(22)20-4-6-21(26)7-5-20)25(32)29-11-13-31(14-12-29)36(2,33)34/h3-8,15,17,21-22H,9-14,16H2,1-2H3;3-8,16,18,22-23H,9-14,17H2,1-2H3/t17-,21+,22+;18-,22+,23+/m00/s1. The highest BCUT2D eigenvalue weighted by atomic mass is 35.5. The van der Waals surface area contributed by atoms with Gasteiger partial charge in [0.1, 0.15) is 18.3 Å². The summed E-state index contributed by atoms with van der Waals surface area (Å²) in [6.45, 7) is 8.35. The van der Waals surface area contributed by atoms with E-state index < -0.39 is 37.9 Å². The summed E-state index contributed by atoms with van der Waals surface area (Å²) in [7, 11) is -6.56. The Morgan fingerprint density at radius 1 is 0.608 bits per heavy atom. The minimum atomic E-state index is -4.48. The summed E-state index contributed by atoms with van der Waals surface area (Å²) in [6.07, 6.45) is 0.889. The number of piperazine rings is 2. The van der Waals surface area contributed by atoms with E-state index in [9.17, 15) is 39.6 Å². The maximum Gasteiger partial charge on any atom is 0.417 e. The quantitative estimate of drug-likeness (QED) is 0.153. The van der Waals surface area contributed by atoms with Gasteiger partial charge in [-0.2, -0.15) is 27.0 Å². The fourth-order valence-corrected chi connectivity index (χ4v) is 12.0. The molecule has 0 bridgehead atoms. The number of hydrogen-bond acceptors (Lipinski definition) is 11. The van der Waals surface area contributed by atoms with Gasteiger partial charge in [-0.15, -0.1) is 0 Å². The van der Waals surface area contributed by atoms with Gasteiger partial charge in [-0.05, 0) is 74.2 Å². The third-order valence-corrected chi connectivity index (χ3v) is 17.3. The summed E-state index contributed by atoms with van der Waals surface area (Å²) in [6, 6.07) is 22.4. The van der Waals surface area contributed by atoms with E-state index in [1.165, 1.54) is 27.1 Å². The van der Waals surface area contributed by atoms with Gasteiger partial charge in [0.05, 0.1) is 23.6 Å². The number of carbonyl (C=O) groups is 2. The number of likely N-dealkylation sites (tertiary alicyclic amines) is 2. The van der Waals surface area contributed by atoms with E-state index in [2.05, 4.69) is 16.0 Å². The molecule has 6 heterocycles. The molecule has 4 fully saturated rings. The van der Waals surface area contributed by atoms with E-state index in [-0.39, 0.29) is 60.8 Å². The van der Waals surface area contributed by atoms with Crippen LogP contribution < -0.4 is 9.47 Å². The number of nitrogens with zero attached hydrogens (tertiary/aromatic N) is 9. The van der Waals surface area contributed by atoms with Crippen LogP contribution in [0.2, 0.25) is 10.0 Å². The summed E-state index contributed by atoms with van der Waals surface area (Å²) in [5.74, 6) is 0.528. The molecule has 74 heavy (non-hydrogen) atoms. The number of ether oxygens (including phenoxy) is 2. The lowest BCUT2D eigenvalue weighted by Crippen LogP contribution is -2.56. The number of carbonyl (C=O) groups excluding carboxylic acids is 2. The first-order valence-corrected chi connectivity index (χ1v) is 28.6. The zero-order valence-corrected chi connectivity index (χ0v) is 44.6. The molecule has 0 unspecified atom stereocenters. The van der Waals surface area contributed by atoms with Crippen LogP contribution in [-0.4, -0.2) is 170 Å². The van der Waals surface area contributed by atoms with Gasteiger partial charge >= 0.3 is 18.2 Å². The van der Waals surface area contributed by atoms with Crippen LogP contribution in [0.3, 0.4) is 0 Å². The summed E-state index contributed by atoms with van der Waals surface area (Å²) in [5, 5.41) is 10.2. The normalized spacial score (nSPS) is 22.2. The van der Waals surface area contributed by atoms with Gasteiger partial charge in [0.15, 0.2) is 0 Å². The molecule has 0 saturated carbocycles. The van der Waals surface area contributed by atoms with Crippen molar-refractivity contribution in [2.24, 2.45) is 11.8 Å². The molecular formula is C50H60Cl2F3N9O8S2. The molecule has 4 aromatic rings. The number of urea groups is 2. The van der Waals surface area contributed by atoms with Crippen LogP contribution in [-0.2, 0) is 26.2 Å². The highest BCUT2D eigenvalue weighted by Crippen LogP contribution is 2.39. The van der Waals surface area contributed by atoms with Crippen molar-refractivity contribution in [1.29, 1.82) is 5.26 Å². The van der Waals surface area contributed by atoms with Crippen LogP contribution in [0.15, 0.2) is 85.2 Å². The largest absolute Gasteiger partial charge is 0.474 e. The van der Waals surface area contributed by atoms with Crippen LogP contribution >= 0.6 is 23.2 Å². The van der Waals surface area contributed by atoms with Gasteiger partial charge in [-0.3, -0.25) is 0 Å². The Labute approximate surface area is 440 Å². The van der Waals surface area contributed by atoms with Crippen molar-refractivity contribution in [3.05, 3.63) is 117 Å². The molecule has 4 aliphatic rings. The molecule has 6 atom stereocenters.